The molecule has 144 valence electrons. The molecule has 4 aliphatic rings. The van der Waals surface area contributed by atoms with Gasteiger partial charge in [0, 0.05) is 15.6 Å². The summed E-state index contributed by atoms with van der Waals surface area (Å²) in [6.07, 6.45) is 5.52. The van der Waals surface area contributed by atoms with E-state index in [2.05, 4.69) is 54.6 Å². The van der Waals surface area contributed by atoms with E-state index in [1.165, 1.54) is 59.1 Å². The van der Waals surface area contributed by atoms with Gasteiger partial charge in [0.25, 0.3) is 0 Å². The van der Waals surface area contributed by atoms with Crippen LogP contribution in [0.4, 0.5) is 0 Å². The zero-order valence-electron chi connectivity index (χ0n) is 16.2. The van der Waals surface area contributed by atoms with Gasteiger partial charge in [-0.25, -0.2) is 0 Å². The lowest BCUT2D eigenvalue weighted by Crippen LogP contribution is -2.59. The van der Waals surface area contributed by atoms with Crippen molar-refractivity contribution in [1.82, 2.24) is 0 Å². The highest BCUT2D eigenvalue weighted by Gasteiger charge is 2.70. The van der Waals surface area contributed by atoms with Crippen LogP contribution in [-0.2, 0) is 0 Å². The third kappa shape index (κ3) is 2.03. The molecule has 3 aromatic rings. The minimum atomic E-state index is 0.562. The number of benzene rings is 3. The van der Waals surface area contributed by atoms with E-state index in [9.17, 15) is 0 Å². The standard InChI is InChI=1S/C27H22Cl2/c28-19-5-1-4-15(11-19)20-6-2-8-22-23-13-18-12-17-10-16(14-27(17,18)23)21-7-3-9-24(29)26(21)25(20)22/h1-9,11,16-18,23H,10,12-14H2/t16?,17?,18?,23-,27?/m1/s1. The average molecular weight is 417 g/mol. The van der Waals surface area contributed by atoms with Crippen molar-refractivity contribution in [2.24, 2.45) is 17.3 Å². The van der Waals surface area contributed by atoms with Crippen LogP contribution in [0.5, 0.6) is 0 Å². The van der Waals surface area contributed by atoms with Crippen LogP contribution in [0.3, 0.4) is 0 Å². The fourth-order valence-electron chi connectivity index (χ4n) is 7.66. The zero-order chi connectivity index (χ0) is 19.3. The first-order chi connectivity index (χ1) is 14.2. The first-order valence-corrected chi connectivity index (χ1v) is 11.6. The smallest absolute Gasteiger partial charge is 0.0487 e. The average Bonchev–Trinajstić information content (AvgIpc) is 3.07. The number of fused-ring (bicyclic) bond motifs is 6. The molecule has 3 aromatic carbocycles. The normalized spacial score (nSPS) is 32.8. The molecule has 3 saturated carbocycles. The molecule has 0 heterocycles. The van der Waals surface area contributed by atoms with E-state index >= 15 is 0 Å². The van der Waals surface area contributed by atoms with Crippen LogP contribution in [0.25, 0.3) is 22.3 Å². The second kappa shape index (κ2) is 5.68. The Balaban J connectivity index is 1.58. The van der Waals surface area contributed by atoms with Gasteiger partial charge < -0.3 is 0 Å². The number of rotatable bonds is 1. The summed E-state index contributed by atoms with van der Waals surface area (Å²) < 4.78 is 0. The molecule has 1 spiro atoms. The van der Waals surface area contributed by atoms with Crippen molar-refractivity contribution in [2.75, 3.05) is 0 Å². The fraction of sp³-hybridized carbons (Fsp3) is 0.333. The third-order valence-electron chi connectivity index (χ3n) is 8.77. The lowest BCUT2D eigenvalue weighted by molar-refractivity contribution is -0.144. The van der Waals surface area contributed by atoms with Crippen LogP contribution in [0.2, 0.25) is 10.0 Å². The Bertz CT molecular complexity index is 1180. The van der Waals surface area contributed by atoms with Gasteiger partial charge in [-0.05, 0) is 101 Å². The lowest BCUT2D eigenvalue weighted by atomic mass is 9.37. The van der Waals surface area contributed by atoms with Gasteiger partial charge in [-0.1, -0.05) is 65.7 Å². The lowest BCUT2D eigenvalue weighted by Gasteiger charge is -2.67. The molecular weight excluding hydrogens is 395 g/mol. The maximum atomic E-state index is 6.94. The zero-order valence-corrected chi connectivity index (χ0v) is 17.7. The summed E-state index contributed by atoms with van der Waals surface area (Å²) >= 11 is 13.3. The molecule has 29 heavy (non-hydrogen) atoms. The van der Waals surface area contributed by atoms with Crippen LogP contribution < -0.4 is 0 Å². The van der Waals surface area contributed by atoms with Crippen LogP contribution in [0.1, 0.15) is 48.6 Å². The number of halogens is 2. The van der Waals surface area contributed by atoms with E-state index < -0.39 is 0 Å². The quantitative estimate of drug-likeness (QED) is 0.373. The Hall–Kier alpha value is -1.76. The summed E-state index contributed by atoms with van der Waals surface area (Å²) in [5.74, 6) is 3.20. The van der Waals surface area contributed by atoms with E-state index in [0.717, 1.165) is 21.9 Å². The Morgan fingerprint density at radius 2 is 1.55 bits per heavy atom. The Morgan fingerprint density at radius 1 is 0.759 bits per heavy atom. The van der Waals surface area contributed by atoms with Gasteiger partial charge in [-0.3, -0.25) is 0 Å². The Kier molecular flexibility index (Phi) is 3.33. The second-order valence-corrected chi connectivity index (χ2v) is 10.5. The molecule has 2 heteroatoms. The maximum Gasteiger partial charge on any atom is 0.0487 e. The summed E-state index contributed by atoms with van der Waals surface area (Å²) in [7, 11) is 0. The van der Waals surface area contributed by atoms with Gasteiger partial charge in [0.15, 0.2) is 0 Å². The molecule has 4 unspecified atom stereocenters. The predicted molar refractivity (Wildman–Crippen MR) is 121 cm³/mol. The summed E-state index contributed by atoms with van der Waals surface area (Å²) in [5, 5.41) is 1.68. The van der Waals surface area contributed by atoms with Crippen LogP contribution in [0, 0.1) is 17.3 Å². The highest BCUT2D eigenvalue weighted by atomic mass is 35.5. The molecule has 2 bridgehead atoms. The summed E-state index contributed by atoms with van der Waals surface area (Å²) in [6, 6.07) is 21.7. The molecule has 0 aliphatic heterocycles. The van der Waals surface area contributed by atoms with Crippen LogP contribution >= 0.6 is 23.2 Å². The van der Waals surface area contributed by atoms with E-state index in [-0.39, 0.29) is 0 Å². The van der Waals surface area contributed by atoms with Crippen molar-refractivity contribution >= 4 is 23.2 Å². The highest BCUT2D eigenvalue weighted by Crippen LogP contribution is 2.80. The predicted octanol–water partition coefficient (Wildman–Crippen LogP) is 8.33. The third-order valence-corrected chi connectivity index (χ3v) is 9.32. The molecule has 0 aromatic heterocycles. The molecule has 7 rings (SSSR count). The molecule has 0 N–H and O–H groups in total. The van der Waals surface area contributed by atoms with Crippen LogP contribution in [-0.4, -0.2) is 0 Å². The summed E-state index contributed by atoms with van der Waals surface area (Å²) in [6.45, 7) is 0. The first kappa shape index (κ1) is 17.0. The van der Waals surface area contributed by atoms with E-state index in [0.29, 0.717) is 17.3 Å². The Labute approximate surface area is 181 Å². The van der Waals surface area contributed by atoms with Crippen molar-refractivity contribution < 1.29 is 0 Å². The fourth-order valence-corrected chi connectivity index (χ4v) is 8.13. The molecule has 4 aliphatic carbocycles. The van der Waals surface area contributed by atoms with Gasteiger partial charge in [-0.15, -0.1) is 0 Å². The monoisotopic (exact) mass is 416 g/mol. The van der Waals surface area contributed by atoms with Crippen molar-refractivity contribution in [2.45, 2.75) is 37.5 Å². The van der Waals surface area contributed by atoms with Gasteiger partial charge in [0.1, 0.15) is 0 Å². The maximum absolute atomic E-state index is 6.94. The Morgan fingerprint density at radius 3 is 2.41 bits per heavy atom. The molecule has 3 fully saturated rings. The molecule has 0 nitrogen and oxygen atoms in total. The highest BCUT2D eigenvalue weighted by molar-refractivity contribution is 6.34. The molecule has 0 amide bonds. The van der Waals surface area contributed by atoms with Gasteiger partial charge in [0.2, 0.25) is 0 Å². The number of hydrogen-bond donors (Lipinski definition) is 0. The van der Waals surface area contributed by atoms with Crippen LogP contribution in [0.15, 0.2) is 60.7 Å². The van der Waals surface area contributed by atoms with E-state index in [1.54, 1.807) is 0 Å². The summed E-state index contributed by atoms with van der Waals surface area (Å²) in [5.41, 5.74) is 8.67. The van der Waals surface area contributed by atoms with Crippen molar-refractivity contribution in [3.8, 4) is 22.3 Å². The van der Waals surface area contributed by atoms with Crippen molar-refractivity contribution in [1.29, 1.82) is 0 Å². The minimum absolute atomic E-state index is 0.562. The van der Waals surface area contributed by atoms with Gasteiger partial charge >= 0.3 is 0 Å². The van der Waals surface area contributed by atoms with Gasteiger partial charge in [-0.2, -0.15) is 0 Å². The minimum Gasteiger partial charge on any atom is -0.0843 e. The van der Waals surface area contributed by atoms with E-state index in [4.69, 9.17) is 23.2 Å². The number of hydrogen-bond acceptors (Lipinski definition) is 0. The molecule has 0 radical (unpaired) electrons. The van der Waals surface area contributed by atoms with Crippen molar-refractivity contribution in [3.63, 3.8) is 0 Å². The largest absolute Gasteiger partial charge is 0.0843 e. The molecule has 5 atom stereocenters. The molecular formula is C27H22Cl2. The second-order valence-electron chi connectivity index (χ2n) is 9.65. The SMILES string of the molecule is Clc1cccc(-c2cccc3c2-c2c(Cl)cccc2C2CC4CC5C[C@H]3C45C2)c1. The first-order valence-electron chi connectivity index (χ1n) is 10.8. The van der Waals surface area contributed by atoms with Crippen molar-refractivity contribution in [3.05, 3.63) is 81.8 Å². The summed E-state index contributed by atoms with van der Waals surface area (Å²) in [4.78, 5) is 0. The van der Waals surface area contributed by atoms with E-state index in [1.807, 2.05) is 6.07 Å². The topological polar surface area (TPSA) is 0 Å². The van der Waals surface area contributed by atoms with Gasteiger partial charge in [0.05, 0.1) is 0 Å². The molecule has 0 saturated heterocycles.